The van der Waals surface area contributed by atoms with Gasteiger partial charge in [0.2, 0.25) is 0 Å². The van der Waals surface area contributed by atoms with Crippen molar-refractivity contribution in [1.82, 2.24) is 0 Å². The number of aryl methyl sites for hydroxylation is 2. The Hall–Kier alpha value is -2.21. The van der Waals surface area contributed by atoms with Crippen LogP contribution in [0.5, 0.6) is 0 Å². The van der Waals surface area contributed by atoms with Crippen molar-refractivity contribution < 1.29 is 17.3 Å². The van der Waals surface area contributed by atoms with Gasteiger partial charge in [0, 0.05) is 5.56 Å². The Balaban J connectivity index is 0.000000431. The van der Waals surface area contributed by atoms with Crippen molar-refractivity contribution in [2.75, 3.05) is 0 Å². The zero-order valence-electron chi connectivity index (χ0n) is 14.4. The fourth-order valence-electron chi connectivity index (χ4n) is 2.71. The van der Waals surface area contributed by atoms with E-state index in [1.54, 1.807) is 0 Å². The molecule has 0 radical (unpaired) electrons. The zero-order chi connectivity index (χ0) is 19.3. The second kappa shape index (κ2) is 8.45. The molecule has 26 heavy (non-hydrogen) atoms. The Morgan fingerprint density at radius 3 is 1.62 bits per heavy atom. The average molecular weight is 378 g/mol. The first-order chi connectivity index (χ1) is 12.2. The van der Waals surface area contributed by atoms with Crippen LogP contribution in [0.2, 0.25) is 0 Å². The fourth-order valence-corrected chi connectivity index (χ4v) is 3.00. The highest BCUT2D eigenvalue weighted by molar-refractivity contribution is 7.59. The average Bonchev–Trinajstić information content (AvgIpc) is 2.55. The molecule has 6 heteroatoms. The Kier molecular flexibility index (Phi) is 6.54. The van der Waals surface area contributed by atoms with E-state index in [1.807, 2.05) is 0 Å². The summed E-state index contributed by atoms with van der Waals surface area (Å²) >= 11 is 3.75. The summed E-state index contributed by atoms with van der Waals surface area (Å²) in [7, 11) is -6.00. The first-order valence-electron chi connectivity index (χ1n) is 8.02. The van der Waals surface area contributed by atoms with E-state index < -0.39 is 7.25 Å². The van der Waals surface area contributed by atoms with Crippen molar-refractivity contribution in [1.29, 1.82) is 0 Å². The molecular formula is C20H19BF4S. The van der Waals surface area contributed by atoms with Crippen LogP contribution in [0.1, 0.15) is 11.1 Å². The molecule has 0 unspecified atom stereocenters. The second-order valence-electron chi connectivity index (χ2n) is 5.89. The van der Waals surface area contributed by atoms with Crippen molar-refractivity contribution in [3.63, 3.8) is 0 Å². The highest BCUT2D eigenvalue weighted by atomic mass is 32.1. The Labute approximate surface area is 156 Å². The van der Waals surface area contributed by atoms with Gasteiger partial charge >= 0.3 is 7.25 Å². The van der Waals surface area contributed by atoms with E-state index >= 15 is 0 Å². The minimum Gasteiger partial charge on any atom is -0.418 e. The predicted molar refractivity (Wildman–Crippen MR) is 105 cm³/mol. The normalized spacial score (nSPS) is 10.9. The van der Waals surface area contributed by atoms with E-state index in [4.69, 9.17) is 0 Å². The molecule has 0 amide bonds. The molecule has 0 saturated heterocycles. The topological polar surface area (TPSA) is 0 Å². The van der Waals surface area contributed by atoms with Crippen LogP contribution in [0.15, 0.2) is 71.6 Å². The Morgan fingerprint density at radius 1 is 0.654 bits per heavy atom. The Bertz CT molecular complexity index is 885. The number of hydrogen-bond acceptors (Lipinski definition) is 0. The lowest BCUT2D eigenvalue weighted by Crippen LogP contribution is -2.02. The zero-order valence-corrected chi connectivity index (χ0v) is 15.4. The summed E-state index contributed by atoms with van der Waals surface area (Å²) in [6.45, 7) is 4.31. The Morgan fingerprint density at radius 2 is 1.12 bits per heavy atom. The molecule has 0 heterocycles. The number of hydrogen-bond donors (Lipinski definition) is 0. The lowest BCUT2D eigenvalue weighted by molar-refractivity contribution is 0.368. The molecule has 0 fully saturated rings. The van der Waals surface area contributed by atoms with Crippen molar-refractivity contribution >= 4 is 19.9 Å². The van der Waals surface area contributed by atoms with Crippen LogP contribution in [0.25, 0.3) is 22.3 Å². The fraction of sp³-hybridized carbons (Fsp3) is 0.100. The number of halogens is 4. The smallest absolute Gasteiger partial charge is 0.418 e. The van der Waals surface area contributed by atoms with Crippen LogP contribution < -0.4 is 0 Å². The van der Waals surface area contributed by atoms with Crippen LogP contribution in [-0.2, 0) is 12.6 Å². The number of rotatable bonds is 2. The molecule has 0 aromatic heterocycles. The first kappa shape index (κ1) is 20.1. The summed E-state index contributed by atoms with van der Waals surface area (Å²) in [5, 5.41) is 0. The molecule has 0 atom stereocenters. The maximum absolute atomic E-state index is 9.75. The molecule has 0 nitrogen and oxygen atoms in total. The predicted octanol–water partition coefficient (Wildman–Crippen LogP) is 6.31. The molecule has 3 aromatic carbocycles. The van der Waals surface area contributed by atoms with Crippen molar-refractivity contribution in [3.05, 3.63) is 77.9 Å². The molecule has 0 bridgehead atoms. The molecule has 0 aliphatic rings. The van der Waals surface area contributed by atoms with E-state index in [1.165, 1.54) is 33.4 Å². The lowest BCUT2D eigenvalue weighted by atomic mass is 9.94. The molecule has 0 aliphatic carbocycles. The van der Waals surface area contributed by atoms with Crippen LogP contribution in [-0.4, -0.2) is 7.25 Å². The van der Waals surface area contributed by atoms with Crippen molar-refractivity contribution in [2.24, 2.45) is 0 Å². The van der Waals surface area contributed by atoms with Gasteiger partial charge in [-0.05, 0) is 72.5 Å². The van der Waals surface area contributed by atoms with Crippen LogP contribution in [0, 0.1) is 13.8 Å². The highest BCUT2D eigenvalue weighted by Crippen LogP contribution is 2.32. The molecule has 3 rings (SSSR count). The van der Waals surface area contributed by atoms with Gasteiger partial charge in [-0.2, -0.15) is 0 Å². The van der Waals surface area contributed by atoms with E-state index in [9.17, 15) is 17.3 Å². The molecule has 0 spiro atoms. The van der Waals surface area contributed by atoms with Gasteiger partial charge in [-0.1, -0.05) is 48.5 Å². The maximum atomic E-state index is 9.75. The molecule has 0 aliphatic heterocycles. The monoisotopic (exact) mass is 378 g/mol. The summed E-state index contributed by atoms with van der Waals surface area (Å²) in [4.78, 5) is 1.13. The molecular weight excluding hydrogens is 359 g/mol. The molecule has 136 valence electrons. The van der Waals surface area contributed by atoms with Gasteiger partial charge in [-0.25, -0.2) is 0 Å². The van der Waals surface area contributed by atoms with E-state index in [0.29, 0.717) is 0 Å². The minimum atomic E-state index is -6.00. The van der Waals surface area contributed by atoms with Crippen molar-refractivity contribution in [2.45, 2.75) is 18.7 Å². The molecule has 3 aromatic rings. The summed E-state index contributed by atoms with van der Waals surface area (Å²) in [6, 6.07) is 23.6. The molecule has 0 saturated carbocycles. The summed E-state index contributed by atoms with van der Waals surface area (Å²) < 4.78 is 39.0. The van der Waals surface area contributed by atoms with E-state index in [-0.39, 0.29) is 0 Å². The maximum Gasteiger partial charge on any atom is 0.673 e. The van der Waals surface area contributed by atoms with Crippen LogP contribution in [0.4, 0.5) is 17.3 Å². The third kappa shape index (κ3) is 5.66. The third-order valence-corrected chi connectivity index (χ3v) is 4.35. The molecule has 0 N–H and O–H groups in total. The van der Waals surface area contributed by atoms with Gasteiger partial charge in [-0.3, -0.25) is 0 Å². The highest BCUT2D eigenvalue weighted by Gasteiger charge is 2.20. The summed E-state index contributed by atoms with van der Waals surface area (Å²) in [5.41, 5.74) is 7.66. The van der Waals surface area contributed by atoms with Gasteiger partial charge in [0.15, 0.2) is 4.90 Å². The van der Waals surface area contributed by atoms with E-state index in [2.05, 4.69) is 93.2 Å². The van der Waals surface area contributed by atoms with Crippen LogP contribution in [0.3, 0.4) is 0 Å². The lowest BCUT2D eigenvalue weighted by Gasteiger charge is -2.10. The van der Waals surface area contributed by atoms with Gasteiger partial charge in [0.05, 0.1) is 0 Å². The first-order valence-corrected chi connectivity index (χ1v) is 8.52. The van der Waals surface area contributed by atoms with Gasteiger partial charge < -0.3 is 17.3 Å². The summed E-state index contributed by atoms with van der Waals surface area (Å²) in [6.07, 6.45) is 0. The number of benzene rings is 3. The van der Waals surface area contributed by atoms with Gasteiger partial charge in [0.25, 0.3) is 0 Å². The second-order valence-corrected chi connectivity index (χ2v) is 6.42. The largest absolute Gasteiger partial charge is 0.673 e. The van der Waals surface area contributed by atoms with Gasteiger partial charge in [-0.15, -0.1) is 0 Å². The van der Waals surface area contributed by atoms with Crippen molar-refractivity contribution in [3.8, 4) is 22.3 Å². The van der Waals surface area contributed by atoms with Crippen LogP contribution >= 0.6 is 0 Å². The van der Waals surface area contributed by atoms with Gasteiger partial charge in [0.1, 0.15) is 0 Å². The SMILES string of the molecule is Cc1ccccc1-c1ccc([SH2+])c(-c2ccccc2C)c1.F[B-](F)(F)F. The standard InChI is InChI=1S/C20H18S.BF4/c1-14-7-3-5-9-17(14)16-11-12-20(21)19(13-16)18-10-6-4-8-15(18)2;2-1(3,4)5/h3-13,21H,1-2H3;/q;-1/p+1. The third-order valence-electron chi connectivity index (χ3n) is 3.91. The van der Waals surface area contributed by atoms with E-state index in [0.717, 1.165) is 4.90 Å². The minimum absolute atomic E-state index is 1.13. The quantitative estimate of drug-likeness (QED) is 0.279. The summed E-state index contributed by atoms with van der Waals surface area (Å²) in [5.74, 6) is 0.